The average Bonchev–Trinajstić information content (AvgIpc) is 2.43. The molecule has 2 atom stereocenters. The fraction of sp³-hybridized carbons (Fsp3) is 0.571. The number of nitrogens with one attached hydrogen (secondary N) is 1. The minimum Gasteiger partial charge on any atom is -0.394 e. The number of rotatable bonds is 9. The van der Waals surface area contributed by atoms with Gasteiger partial charge in [0.25, 0.3) is 0 Å². The quantitative estimate of drug-likeness (QED) is 0.615. The van der Waals surface area contributed by atoms with Gasteiger partial charge in [0.15, 0.2) is 0 Å². The topological polar surface area (TPSA) is 67.5 Å². The fourth-order valence-corrected chi connectivity index (χ4v) is 2.00. The fourth-order valence-electron chi connectivity index (χ4n) is 2.00. The lowest BCUT2D eigenvalue weighted by Gasteiger charge is -2.24. The zero-order valence-electron chi connectivity index (χ0n) is 11.0. The van der Waals surface area contributed by atoms with Gasteiger partial charge in [0.1, 0.15) is 0 Å². The normalized spacial score (nSPS) is 14.4. The SMILES string of the molecule is COCC(CCCN)N[C@@H](CO)c1ccccc1. The Morgan fingerprint density at radius 2 is 2.06 bits per heavy atom. The second kappa shape index (κ2) is 9.05. The molecule has 1 aromatic carbocycles. The van der Waals surface area contributed by atoms with Crippen LogP contribution in [0.5, 0.6) is 0 Å². The number of benzene rings is 1. The van der Waals surface area contributed by atoms with E-state index >= 15 is 0 Å². The van der Waals surface area contributed by atoms with Gasteiger partial charge in [-0.25, -0.2) is 0 Å². The third-order valence-electron chi connectivity index (χ3n) is 2.95. The molecule has 4 heteroatoms. The number of ether oxygens (including phenoxy) is 1. The van der Waals surface area contributed by atoms with Gasteiger partial charge >= 0.3 is 0 Å². The lowest BCUT2D eigenvalue weighted by molar-refractivity contribution is 0.143. The molecule has 4 nitrogen and oxygen atoms in total. The molecule has 1 unspecified atom stereocenters. The molecular formula is C14H24N2O2. The predicted octanol–water partition coefficient (Wildman–Crippen LogP) is 1.06. The number of hydrogen-bond acceptors (Lipinski definition) is 4. The summed E-state index contributed by atoms with van der Waals surface area (Å²) in [6.45, 7) is 1.38. The highest BCUT2D eigenvalue weighted by atomic mass is 16.5. The summed E-state index contributed by atoms with van der Waals surface area (Å²) >= 11 is 0. The molecule has 0 radical (unpaired) electrons. The molecule has 0 aromatic heterocycles. The van der Waals surface area contributed by atoms with Crippen molar-refractivity contribution < 1.29 is 9.84 Å². The van der Waals surface area contributed by atoms with E-state index in [4.69, 9.17) is 10.5 Å². The number of methoxy groups -OCH3 is 1. The summed E-state index contributed by atoms with van der Waals surface area (Å²) in [6, 6.07) is 10.1. The summed E-state index contributed by atoms with van der Waals surface area (Å²) in [7, 11) is 1.69. The van der Waals surface area contributed by atoms with E-state index in [1.165, 1.54) is 0 Å². The first-order valence-corrected chi connectivity index (χ1v) is 6.42. The summed E-state index contributed by atoms with van der Waals surface area (Å²) < 4.78 is 5.20. The number of hydrogen-bond donors (Lipinski definition) is 3. The summed E-state index contributed by atoms with van der Waals surface area (Å²) in [5, 5.41) is 12.9. The molecule has 4 N–H and O–H groups in total. The van der Waals surface area contributed by atoms with E-state index in [2.05, 4.69) is 5.32 Å². The van der Waals surface area contributed by atoms with Crippen LogP contribution in [0, 0.1) is 0 Å². The molecule has 1 rings (SSSR count). The van der Waals surface area contributed by atoms with Crippen molar-refractivity contribution in [3.05, 3.63) is 35.9 Å². The van der Waals surface area contributed by atoms with Crippen LogP contribution in [-0.4, -0.2) is 38.0 Å². The Morgan fingerprint density at radius 1 is 1.33 bits per heavy atom. The van der Waals surface area contributed by atoms with Gasteiger partial charge in [0.2, 0.25) is 0 Å². The van der Waals surface area contributed by atoms with E-state index in [0.29, 0.717) is 13.2 Å². The average molecular weight is 252 g/mol. The molecule has 0 fully saturated rings. The monoisotopic (exact) mass is 252 g/mol. The van der Waals surface area contributed by atoms with Gasteiger partial charge in [-0.1, -0.05) is 30.3 Å². The van der Waals surface area contributed by atoms with Crippen LogP contribution in [0.4, 0.5) is 0 Å². The lowest BCUT2D eigenvalue weighted by atomic mass is 10.0. The maximum absolute atomic E-state index is 9.49. The highest BCUT2D eigenvalue weighted by Crippen LogP contribution is 2.13. The Kier molecular flexibility index (Phi) is 7.60. The van der Waals surface area contributed by atoms with E-state index < -0.39 is 0 Å². The van der Waals surface area contributed by atoms with E-state index in [0.717, 1.165) is 18.4 Å². The largest absolute Gasteiger partial charge is 0.394 e. The molecule has 0 aliphatic heterocycles. The zero-order valence-corrected chi connectivity index (χ0v) is 11.0. The second-order valence-electron chi connectivity index (χ2n) is 4.40. The summed E-state index contributed by atoms with van der Waals surface area (Å²) in [4.78, 5) is 0. The van der Waals surface area contributed by atoms with Crippen LogP contribution in [0.15, 0.2) is 30.3 Å². The molecule has 0 bridgehead atoms. The van der Waals surface area contributed by atoms with E-state index in [9.17, 15) is 5.11 Å². The first-order valence-electron chi connectivity index (χ1n) is 6.42. The standard InChI is InChI=1S/C14H24N2O2/c1-18-11-13(8-5-9-15)16-14(10-17)12-6-3-2-4-7-12/h2-4,6-7,13-14,16-17H,5,8-11,15H2,1H3/t13?,14-/m0/s1. The molecule has 0 saturated heterocycles. The van der Waals surface area contributed by atoms with Crippen LogP contribution in [0.3, 0.4) is 0 Å². The summed E-state index contributed by atoms with van der Waals surface area (Å²) in [5.41, 5.74) is 6.62. The van der Waals surface area contributed by atoms with Crippen molar-refractivity contribution in [1.29, 1.82) is 0 Å². The Hall–Kier alpha value is -0.940. The maximum atomic E-state index is 9.49. The van der Waals surface area contributed by atoms with Crippen LogP contribution in [-0.2, 0) is 4.74 Å². The minimum absolute atomic E-state index is 0.0517. The number of aliphatic hydroxyl groups is 1. The van der Waals surface area contributed by atoms with Crippen molar-refractivity contribution in [2.45, 2.75) is 24.9 Å². The zero-order chi connectivity index (χ0) is 13.2. The van der Waals surface area contributed by atoms with Crippen LogP contribution in [0.2, 0.25) is 0 Å². The maximum Gasteiger partial charge on any atom is 0.0626 e. The van der Waals surface area contributed by atoms with Gasteiger partial charge in [-0.05, 0) is 24.9 Å². The van der Waals surface area contributed by atoms with Gasteiger partial charge < -0.3 is 20.9 Å². The van der Waals surface area contributed by atoms with Crippen molar-refractivity contribution in [3.63, 3.8) is 0 Å². The molecule has 0 saturated carbocycles. The molecule has 1 aromatic rings. The Morgan fingerprint density at radius 3 is 2.61 bits per heavy atom. The highest BCUT2D eigenvalue weighted by Gasteiger charge is 2.15. The van der Waals surface area contributed by atoms with Crippen molar-refractivity contribution >= 4 is 0 Å². The Labute approximate surface area is 109 Å². The molecular weight excluding hydrogens is 228 g/mol. The first kappa shape index (κ1) is 15.1. The van der Waals surface area contributed by atoms with E-state index in [-0.39, 0.29) is 18.7 Å². The molecule has 0 aliphatic rings. The first-order chi connectivity index (χ1) is 8.81. The van der Waals surface area contributed by atoms with Crippen LogP contribution < -0.4 is 11.1 Å². The Balaban J connectivity index is 2.58. The van der Waals surface area contributed by atoms with Crippen LogP contribution in [0.1, 0.15) is 24.4 Å². The molecule has 102 valence electrons. The predicted molar refractivity (Wildman–Crippen MR) is 73.4 cm³/mol. The third-order valence-corrected chi connectivity index (χ3v) is 2.95. The van der Waals surface area contributed by atoms with Gasteiger partial charge in [-0.3, -0.25) is 0 Å². The van der Waals surface area contributed by atoms with Crippen molar-refractivity contribution in [2.75, 3.05) is 26.9 Å². The molecule has 0 amide bonds. The third kappa shape index (κ3) is 5.14. The lowest BCUT2D eigenvalue weighted by Crippen LogP contribution is -2.38. The van der Waals surface area contributed by atoms with E-state index in [1.807, 2.05) is 30.3 Å². The van der Waals surface area contributed by atoms with Crippen molar-refractivity contribution in [2.24, 2.45) is 5.73 Å². The van der Waals surface area contributed by atoms with Gasteiger partial charge in [-0.2, -0.15) is 0 Å². The molecule has 18 heavy (non-hydrogen) atoms. The highest BCUT2D eigenvalue weighted by molar-refractivity contribution is 5.19. The van der Waals surface area contributed by atoms with Crippen LogP contribution in [0.25, 0.3) is 0 Å². The molecule has 0 heterocycles. The van der Waals surface area contributed by atoms with Gasteiger partial charge in [0.05, 0.1) is 19.3 Å². The smallest absolute Gasteiger partial charge is 0.0626 e. The van der Waals surface area contributed by atoms with Crippen molar-refractivity contribution in [3.8, 4) is 0 Å². The number of aliphatic hydroxyl groups excluding tert-OH is 1. The number of nitrogens with two attached hydrogens (primary N) is 1. The minimum atomic E-state index is -0.0517. The van der Waals surface area contributed by atoms with Crippen molar-refractivity contribution in [1.82, 2.24) is 5.32 Å². The molecule has 0 spiro atoms. The Bertz CT molecular complexity index is 306. The van der Waals surface area contributed by atoms with Gasteiger partial charge in [-0.15, -0.1) is 0 Å². The molecule has 0 aliphatic carbocycles. The summed E-state index contributed by atoms with van der Waals surface area (Å²) in [6.07, 6.45) is 1.90. The summed E-state index contributed by atoms with van der Waals surface area (Å²) in [5.74, 6) is 0. The second-order valence-corrected chi connectivity index (χ2v) is 4.40. The van der Waals surface area contributed by atoms with Crippen LogP contribution >= 0.6 is 0 Å². The van der Waals surface area contributed by atoms with Gasteiger partial charge in [0, 0.05) is 13.2 Å². The van der Waals surface area contributed by atoms with E-state index in [1.54, 1.807) is 7.11 Å².